The third-order valence-corrected chi connectivity index (χ3v) is 14.2. The lowest BCUT2D eigenvalue weighted by Crippen LogP contribution is -2.44. The van der Waals surface area contributed by atoms with E-state index in [-0.39, 0.29) is 33.7 Å². The van der Waals surface area contributed by atoms with Crippen molar-refractivity contribution >= 4 is 37.8 Å². The third-order valence-electron chi connectivity index (χ3n) is 6.32. The zero-order valence-corrected chi connectivity index (χ0v) is 24.3. The second-order valence-corrected chi connectivity index (χ2v) is 17.9. The highest BCUT2D eigenvalue weighted by molar-refractivity contribution is 8.18. The Bertz CT molecular complexity index is 734. The van der Waals surface area contributed by atoms with Gasteiger partial charge in [-0.3, -0.25) is 0 Å². The number of carbonyl (C=O) groups excluding carboxylic acids is 1. The minimum atomic E-state index is -2.01. The molecule has 0 aliphatic carbocycles. The Labute approximate surface area is 215 Å². The lowest BCUT2D eigenvalue weighted by atomic mass is 10.1. The molecule has 34 heavy (non-hydrogen) atoms. The van der Waals surface area contributed by atoms with Gasteiger partial charge in [0.2, 0.25) is 8.32 Å². The van der Waals surface area contributed by atoms with Crippen molar-refractivity contribution in [3.8, 4) is 0 Å². The molecule has 2 saturated heterocycles. The van der Waals surface area contributed by atoms with Crippen LogP contribution in [0.1, 0.15) is 40.0 Å². The van der Waals surface area contributed by atoms with Crippen LogP contribution in [-0.4, -0.2) is 69.2 Å². The molecule has 0 amide bonds. The predicted octanol–water partition coefficient (Wildman–Crippen LogP) is 5.91. The number of carbonyl (C=O) groups is 1. The molecule has 2 aliphatic heterocycles. The van der Waals surface area contributed by atoms with Crippen molar-refractivity contribution in [3.05, 3.63) is 36.6 Å². The maximum atomic E-state index is 11.9. The summed E-state index contributed by atoms with van der Waals surface area (Å²) in [6.07, 6.45) is 6.03. The number of rotatable bonds is 11. The normalized spacial score (nSPS) is 20.6. The van der Waals surface area contributed by atoms with Crippen molar-refractivity contribution in [2.45, 2.75) is 74.6 Å². The first kappa shape index (κ1) is 29.5. The van der Waals surface area contributed by atoms with Crippen molar-refractivity contribution in [3.63, 3.8) is 0 Å². The first-order valence-electron chi connectivity index (χ1n) is 11.8. The van der Waals surface area contributed by atoms with Crippen molar-refractivity contribution in [1.29, 1.82) is 0 Å². The van der Waals surface area contributed by atoms with E-state index in [0.717, 1.165) is 24.3 Å². The maximum absolute atomic E-state index is 11.9. The number of thioether (sulfide) groups is 2. The molecule has 1 atom stereocenters. The first-order chi connectivity index (χ1) is 15.9. The van der Waals surface area contributed by atoms with Gasteiger partial charge in [-0.15, -0.1) is 23.5 Å². The van der Waals surface area contributed by atoms with E-state index < -0.39 is 14.3 Å². The predicted molar refractivity (Wildman–Crippen MR) is 145 cm³/mol. The van der Waals surface area contributed by atoms with Gasteiger partial charge < -0.3 is 23.4 Å². The Morgan fingerprint density at radius 1 is 1.18 bits per heavy atom. The number of esters is 1. The highest BCUT2D eigenvalue weighted by Gasteiger charge is 2.44. The molecule has 1 unspecified atom stereocenters. The summed E-state index contributed by atoms with van der Waals surface area (Å²) >= 11 is 3.73. The van der Waals surface area contributed by atoms with E-state index in [1.54, 1.807) is 0 Å². The van der Waals surface area contributed by atoms with Crippen LogP contribution in [0.2, 0.25) is 18.1 Å². The van der Waals surface area contributed by atoms with Crippen LogP contribution in [0.4, 0.5) is 0 Å². The van der Waals surface area contributed by atoms with Gasteiger partial charge in [0.05, 0.1) is 42.3 Å². The second-order valence-electron chi connectivity index (χ2n) is 10.1. The topological polar surface area (TPSA) is 63.2 Å². The summed E-state index contributed by atoms with van der Waals surface area (Å²) in [5, 5.41) is 0.0733. The minimum Gasteiger partial charge on any atom is -0.544 e. The minimum absolute atomic E-state index is 0.0733. The molecule has 0 aromatic rings. The summed E-state index contributed by atoms with van der Waals surface area (Å²) in [6, 6.07) is 0. The van der Waals surface area contributed by atoms with E-state index in [1.807, 2.05) is 35.7 Å². The number of hydrogen-bond acceptors (Lipinski definition) is 8. The summed E-state index contributed by atoms with van der Waals surface area (Å²) in [7, 11) is -0.660. The molecule has 6 nitrogen and oxygen atoms in total. The number of ether oxygens (including phenoxy) is 4. The molecule has 194 valence electrons. The largest absolute Gasteiger partial charge is 0.544 e. The summed E-state index contributed by atoms with van der Waals surface area (Å²) in [5.74, 6) is 2.20. The van der Waals surface area contributed by atoms with E-state index in [1.165, 1.54) is 7.11 Å². The first-order valence-corrected chi connectivity index (χ1v) is 16.7. The van der Waals surface area contributed by atoms with Crippen LogP contribution >= 0.6 is 23.5 Å². The Balaban J connectivity index is 2.26. The standard InChI is InChI=1S/C25H42O6S2Si/c1-19(23(26)27-6)18-30-21(12-11-20(2)31-34(7,8)24(3,4)5)25(32-15-10-16-33-25)17-22-28-13-9-14-29-22/h11-12,21-22H,1-2,9-10,13-18H2,3-8H3/b12-11+. The lowest BCUT2D eigenvalue weighted by molar-refractivity contribution is -0.184. The molecular formula is C25H42O6S2Si. The van der Waals surface area contributed by atoms with Crippen LogP contribution in [0.15, 0.2) is 36.6 Å². The number of methoxy groups -OCH3 is 1. The SMILES string of the molecule is C=C(/C=C/C(OCC(=C)C(=O)OC)C1(CC2OCCCO2)SCCCS1)O[Si](C)(C)C(C)(C)C. The molecule has 9 heteroatoms. The van der Waals surface area contributed by atoms with E-state index in [9.17, 15) is 4.79 Å². The van der Waals surface area contributed by atoms with E-state index in [0.29, 0.717) is 25.4 Å². The van der Waals surface area contributed by atoms with E-state index in [4.69, 9.17) is 23.4 Å². The van der Waals surface area contributed by atoms with Crippen LogP contribution in [0.5, 0.6) is 0 Å². The van der Waals surface area contributed by atoms with Gasteiger partial charge in [-0.1, -0.05) is 40.0 Å². The molecule has 0 radical (unpaired) electrons. The summed E-state index contributed by atoms with van der Waals surface area (Å²) in [5.41, 5.74) is 0.281. The summed E-state index contributed by atoms with van der Waals surface area (Å²) in [6.45, 7) is 20.5. The molecule has 0 saturated carbocycles. The lowest BCUT2D eigenvalue weighted by Gasteiger charge is -2.43. The molecule has 2 heterocycles. The number of hydrogen-bond donors (Lipinski definition) is 0. The molecule has 0 spiro atoms. The van der Waals surface area contributed by atoms with Crippen LogP contribution in [0, 0.1) is 0 Å². The van der Waals surface area contributed by atoms with Gasteiger partial charge in [-0.25, -0.2) is 4.79 Å². The van der Waals surface area contributed by atoms with E-state index >= 15 is 0 Å². The van der Waals surface area contributed by atoms with Crippen molar-refractivity contribution < 1.29 is 28.2 Å². The molecule has 0 bridgehead atoms. The van der Waals surface area contributed by atoms with Crippen LogP contribution in [0.25, 0.3) is 0 Å². The molecule has 0 aromatic carbocycles. The Morgan fingerprint density at radius 2 is 1.79 bits per heavy atom. The van der Waals surface area contributed by atoms with Crippen LogP contribution < -0.4 is 0 Å². The van der Waals surface area contributed by atoms with Gasteiger partial charge in [-0.2, -0.15) is 0 Å². The smallest absolute Gasteiger partial charge is 0.335 e. The van der Waals surface area contributed by atoms with Gasteiger partial charge in [0.15, 0.2) is 6.29 Å². The highest BCUT2D eigenvalue weighted by Crippen LogP contribution is 2.50. The molecule has 0 aromatic heterocycles. The molecule has 2 aliphatic rings. The zero-order chi connectivity index (χ0) is 25.4. The Kier molecular flexibility index (Phi) is 11.3. The fourth-order valence-electron chi connectivity index (χ4n) is 3.31. The average molecular weight is 531 g/mol. The van der Waals surface area contributed by atoms with Crippen LogP contribution in [-0.2, 0) is 28.2 Å². The monoisotopic (exact) mass is 530 g/mol. The van der Waals surface area contributed by atoms with Gasteiger partial charge in [0.25, 0.3) is 0 Å². The second kappa shape index (κ2) is 13.0. The molecule has 0 N–H and O–H groups in total. The quantitative estimate of drug-likeness (QED) is 0.107. The fourth-order valence-corrected chi connectivity index (χ4v) is 7.75. The molecular weight excluding hydrogens is 488 g/mol. The Morgan fingerprint density at radius 3 is 2.35 bits per heavy atom. The Hall–Kier alpha value is -0.713. The fraction of sp³-hybridized carbons (Fsp3) is 0.720. The highest BCUT2D eigenvalue weighted by atomic mass is 32.2. The van der Waals surface area contributed by atoms with E-state index in [2.05, 4.69) is 47.0 Å². The van der Waals surface area contributed by atoms with Gasteiger partial charge >= 0.3 is 5.97 Å². The van der Waals surface area contributed by atoms with Crippen molar-refractivity contribution in [1.82, 2.24) is 0 Å². The van der Waals surface area contributed by atoms with Crippen molar-refractivity contribution in [2.75, 3.05) is 38.4 Å². The zero-order valence-electron chi connectivity index (χ0n) is 21.6. The van der Waals surface area contributed by atoms with Crippen LogP contribution in [0.3, 0.4) is 0 Å². The van der Waals surface area contributed by atoms with Gasteiger partial charge in [0, 0.05) is 6.42 Å². The van der Waals surface area contributed by atoms with Gasteiger partial charge in [-0.05, 0) is 48.6 Å². The summed E-state index contributed by atoms with van der Waals surface area (Å²) in [4.78, 5) is 11.9. The number of allylic oxidation sites excluding steroid dienone is 1. The molecule has 2 rings (SSSR count). The maximum Gasteiger partial charge on any atom is 0.335 e. The molecule has 2 fully saturated rings. The average Bonchev–Trinajstić information content (AvgIpc) is 2.78. The van der Waals surface area contributed by atoms with Crippen molar-refractivity contribution in [2.24, 2.45) is 0 Å². The summed E-state index contributed by atoms with van der Waals surface area (Å²) < 4.78 is 29.0. The third kappa shape index (κ3) is 8.45. The van der Waals surface area contributed by atoms with Gasteiger partial charge in [0.1, 0.15) is 6.10 Å².